The van der Waals surface area contributed by atoms with Gasteiger partial charge < -0.3 is 43.8 Å². The van der Waals surface area contributed by atoms with Gasteiger partial charge in [0.05, 0.1) is 24.5 Å². The third-order valence-electron chi connectivity index (χ3n) is 9.76. The summed E-state index contributed by atoms with van der Waals surface area (Å²) in [4.78, 5) is 16.7. The predicted octanol–water partition coefficient (Wildman–Crippen LogP) is 5.52. The molecular formula is C33H57F2N5O6Si2. The number of hydrogen-bond donors (Lipinski definition) is 3. The number of carbonyl (C=O) groups excluding carboxylic acids is 1. The van der Waals surface area contributed by atoms with Crippen molar-refractivity contribution in [3.8, 4) is 0 Å². The predicted molar refractivity (Wildman–Crippen MR) is 186 cm³/mol. The van der Waals surface area contributed by atoms with Gasteiger partial charge in [-0.3, -0.25) is 4.79 Å². The van der Waals surface area contributed by atoms with Gasteiger partial charge in [-0.1, -0.05) is 61.8 Å². The second-order valence-corrected chi connectivity index (χ2v) is 23.2. The number of fused-ring (bicyclic) bond motifs is 2. The largest absolute Gasteiger partial charge is 0.414 e. The first-order valence-corrected chi connectivity index (χ1v) is 21.5. The number of imidazole rings is 1. The van der Waals surface area contributed by atoms with E-state index in [0.717, 1.165) is 18.9 Å². The first kappa shape index (κ1) is 39.0. The van der Waals surface area contributed by atoms with E-state index in [-0.39, 0.29) is 46.8 Å². The fraction of sp³-hybridized carbons (Fsp3) is 0.758. The maximum Gasteiger partial charge on any atom is 0.335 e. The normalized spacial score (nSPS) is 24.8. The molecule has 1 amide bonds. The van der Waals surface area contributed by atoms with Crippen molar-refractivity contribution in [3.05, 3.63) is 30.1 Å². The first-order chi connectivity index (χ1) is 22.7. The van der Waals surface area contributed by atoms with Crippen molar-refractivity contribution < 1.29 is 36.0 Å². The zero-order valence-electron chi connectivity index (χ0n) is 29.8. The summed E-state index contributed by atoms with van der Waals surface area (Å²) in [6.07, 6.45) is 1.61. The van der Waals surface area contributed by atoms with Crippen LogP contribution in [0.4, 0.5) is 8.78 Å². The maximum absolute atomic E-state index is 14.8. The molecule has 2 aliphatic rings. The molecule has 2 aliphatic heterocycles. The summed E-state index contributed by atoms with van der Waals surface area (Å²) in [5, 5.41) is 2.90. The van der Waals surface area contributed by atoms with Crippen LogP contribution in [0, 0.1) is 11.6 Å². The minimum absolute atomic E-state index is 0.0827. The minimum atomic E-state index is -3.03. The highest BCUT2D eigenvalue weighted by molar-refractivity contribution is 6.84. The number of unbranched alkanes of at least 4 members (excludes halogenated alkanes) is 1. The van der Waals surface area contributed by atoms with E-state index in [2.05, 4.69) is 65.7 Å². The lowest BCUT2D eigenvalue weighted by molar-refractivity contribution is -0.122. The highest BCUT2D eigenvalue weighted by Gasteiger charge is 2.62. The van der Waals surface area contributed by atoms with E-state index in [1.807, 2.05) is 0 Å². The Hall–Kier alpha value is -1.83. The second-order valence-electron chi connectivity index (χ2n) is 14.4. The molecule has 4 rings (SSSR count). The number of halogens is 2. The lowest BCUT2D eigenvalue weighted by Gasteiger charge is -2.51. The summed E-state index contributed by atoms with van der Waals surface area (Å²) in [7, 11) is -5.85. The number of hydrogen-bond acceptors (Lipinski definition) is 9. The van der Waals surface area contributed by atoms with Gasteiger partial charge in [-0.15, -0.1) is 0 Å². The first-order valence-electron chi connectivity index (χ1n) is 17.5. The molecule has 0 unspecified atom stereocenters. The van der Waals surface area contributed by atoms with Gasteiger partial charge in [-0.25, -0.2) is 13.8 Å². The highest BCUT2D eigenvalue weighted by Crippen LogP contribution is 2.49. The lowest BCUT2D eigenvalue weighted by atomic mass is 10.1. The fourth-order valence-electron chi connectivity index (χ4n) is 7.04. The van der Waals surface area contributed by atoms with E-state index in [9.17, 15) is 13.6 Å². The van der Waals surface area contributed by atoms with Gasteiger partial charge in [0.15, 0.2) is 17.9 Å². The second kappa shape index (κ2) is 16.5. The molecule has 48 heavy (non-hydrogen) atoms. The lowest BCUT2D eigenvalue weighted by Crippen LogP contribution is -2.66. The van der Waals surface area contributed by atoms with Gasteiger partial charge in [0, 0.05) is 13.2 Å². The summed E-state index contributed by atoms with van der Waals surface area (Å²) in [6.45, 7) is 18.7. The Bertz CT molecular complexity index is 1350. The number of nitrogens with two attached hydrogens (primary N) is 2. The van der Waals surface area contributed by atoms with Crippen molar-refractivity contribution >= 4 is 34.1 Å². The van der Waals surface area contributed by atoms with Crippen molar-refractivity contribution in [3.63, 3.8) is 0 Å². The van der Waals surface area contributed by atoms with Gasteiger partial charge in [0.2, 0.25) is 5.91 Å². The molecule has 11 nitrogen and oxygen atoms in total. The number of carbonyl (C=O) groups is 1. The van der Waals surface area contributed by atoms with E-state index in [1.165, 1.54) is 12.4 Å². The zero-order chi connectivity index (χ0) is 35.4. The molecule has 15 heteroatoms. The van der Waals surface area contributed by atoms with Crippen LogP contribution in [0.1, 0.15) is 87.3 Å². The van der Waals surface area contributed by atoms with Crippen molar-refractivity contribution in [2.45, 2.75) is 134 Å². The Morgan fingerprint density at radius 1 is 1.04 bits per heavy atom. The molecule has 2 saturated heterocycles. The third kappa shape index (κ3) is 7.89. The quantitative estimate of drug-likeness (QED) is 0.161. The van der Waals surface area contributed by atoms with Crippen LogP contribution in [-0.2, 0) is 27.2 Å². The van der Waals surface area contributed by atoms with Crippen LogP contribution in [0.3, 0.4) is 0 Å². The van der Waals surface area contributed by atoms with E-state index in [0.29, 0.717) is 31.4 Å². The van der Waals surface area contributed by atoms with Gasteiger partial charge >= 0.3 is 17.1 Å². The van der Waals surface area contributed by atoms with E-state index in [4.69, 9.17) is 33.9 Å². The van der Waals surface area contributed by atoms with Crippen molar-refractivity contribution in [2.24, 2.45) is 11.5 Å². The Morgan fingerprint density at radius 3 is 2.33 bits per heavy atom. The minimum Gasteiger partial charge on any atom is -0.414 e. The number of aromatic nitrogens is 2. The van der Waals surface area contributed by atoms with Crippen molar-refractivity contribution in [2.75, 3.05) is 26.3 Å². The molecular weight excluding hydrogens is 657 g/mol. The summed E-state index contributed by atoms with van der Waals surface area (Å²) in [5.74, 6) is -2.20. The number of rotatable bonds is 15. The Balaban J connectivity index is 1.65. The molecule has 0 radical (unpaired) electrons. The fourth-order valence-corrected chi connectivity index (χ4v) is 18.3. The Labute approximate surface area is 286 Å². The summed E-state index contributed by atoms with van der Waals surface area (Å²) < 4.78 is 65.5. The van der Waals surface area contributed by atoms with Crippen LogP contribution in [0.5, 0.6) is 0 Å². The molecule has 0 aliphatic carbocycles. The molecule has 5 N–H and O–H groups in total. The van der Waals surface area contributed by atoms with Crippen LogP contribution < -0.4 is 16.8 Å². The van der Waals surface area contributed by atoms with Gasteiger partial charge in [-0.2, -0.15) is 0 Å². The summed E-state index contributed by atoms with van der Waals surface area (Å²) in [5.41, 5.74) is 12.4. The van der Waals surface area contributed by atoms with E-state index in [1.54, 1.807) is 4.57 Å². The molecule has 5 atom stereocenters. The van der Waals surface area contributed by atoms with Crippen LogP contribution in [0.25, 0.3) is 11.0 Å². The van der Waals surface area contributed by atoms with Crippen LogP contribution in [0.15, 0.2) is 18.5 Å². The molecule has 0 bridgehead atoms. The topological polar surface area (TPSA) is 145 Å². The smallest absolute Gasteiger partial charge is 0.335 e. The highest BCUT2D eigenvalue weighted by atomic mass is 28.5. The van der Waals surface area contributed by atoms with E-state index < -0.39 is 59.3 Å². The molecule has 2 aromatic rings. The molecule has 272 valence electrons. The maximum atomic E-state index is 14.8. The molecule has 0 spiro atoms. The Kier molecular flexibility index (Phi) is 13.4. The standard InChI is InChI=1S/C33H57F2N5O6Si2/c1-20(2)47(21(3)4)43-18-27-30(45-48(46-47,22(5)6)23(7)8)31(42-17-11-16-38-32(41)25(37)12-9-10-15-36)33(44-27)40-19-39-29-26(40)14-13-24(34)28(29)35/h13-14,19-23,25,27,30-31,33H,9-12,15-18,36-37H2,1-8H3,(H,38,41)/t25-,27+,30+,31+,33+/m0/s1. The number of benzene rings is 1. The monoisotopic (exact) mass is 713 g/mol. The van der Waals surface area contributed by atoms with Crippen molar-refractivity contribution in [1.29, 1.82) is 0 Å². The summed E-state index contributed by atoms with van der Waals surface area (Å²) >= 11 is 0. The SMILES string of the molecule is CC(C)[Si]1(C(C)C)OC[C@H]2O[C@@H](n3cnc4c(F)c(F)ccc43)[C@H](OCCCNC(=O)[C@@H](N)CCCCN)[C@@H]2O[Si](C(C)C)(C(C)C)O1. The third-order valence-corrected chi connectivity index (χ3v) is 20.0. The van der Waals surface area contributed by atoms with Crippen LogP contribution >= 0.6 is 0 Å². The summed E-state index contributed by atoms with van der Waals surface area (Å²) in [6, 6.07) is 1.98. The number of ether oxygens (including phenoxy) is 2. The molecule has 1 aromatic heterocycles. The molecule has 3 heterocycles. The number of nitrogens with one attached hydrogen (secondary N) is 1. The molecule has 0 saturated carbocycles. The zero-order valence-corrected chi connectivity index (χ0v) is 31.8. The number of nitrogens with zero attached hydrogens (tertiary/aromatic N) is 2. The molecule has 2 fully saturated rings. The van der Waals surface area contributed by atoms with Gasteiger partial charge in [0.1, 0.15) is 23.8 Å². The van der Waals surface area contributed by atoms with Gasteiger partial charge in [0.25, 0.3) is 0 Å². The van der Waals surface area contributed by atoms with Crippen molar-refractivity contribution in [1.82, 2.24) is 14.9 Å². The average Bonchev–Trinajstić information content (AvgIpc) is 3.59. The van der Waals surface area contributed by atoms with Crippen LogP contribution in [0.2, 0.25) is 22.2 Å². The van der Waals surface area contributed by atoms with Gasteiger partial charge in [-0.05, 0) is 60.1 Å². The van der Waals surface area contributed by atoms with Crippen LogP contribution in [-0.4, -0.2) is 83.2 Å². The average molecular weight is 714 g/mol. The Morgan fingerprint density at radius 2 is 1.71 bits per heavy atom. The molecule has 1 aromatic carbocycles. The van der Waals surface area contributed by atoms with E-state index >= 15 is 0 Å². The number of amides is 1.